The van der Waals surface area contributed by atoms with Crippen molar-refractivity contribution in [2.75, 3.05) is 19.6 Å². The van der Waals surface area contributed by atoms with Crippen LogP contribution in [0.1, 0.15) is 34.1 Å². The van der Waals surface area contributed by atoms with Gasteiger partial charge in [-0.05, 0) is 17.8 Å². The minimum atomic E-state index is -0.753. The number of aliphatic carboxylic acids is 1. The number of rotatable bonds is 2. The minimum absolute atomic E-state index is 0.0108. The van der Waals surface area contributed by atoms with Crippen LogP contribution in [0, 0.1) is 17.3 Å². The van der Waals surface area contributed by atoms with E-state index in [1.165, 1.54) is 0 Å². The molecule has 2 N–H and O–H groups in total. The molecule has 5 nitrogen and oxygen atoms in total. The number of likely N-dealkylation sites (tertiary alicyclic amines) is 1. The van der Waals surface area contributed by atoms with E-state index in [0.717, 1.165) is 0 Å². The van der Waals surface area contributed by atoms with Gasteiger partial charge in [-0.3, -0.25) is 4.79 Å². The molecule has 104 valence electrons. The summed E-state index contributed by atoms with van der Waals surface area (Å²) in [5, 5.41) is 11.9. The van der Waals surface area contributed by atoms with E-state index in [0.29, 0.717) is 26.1 Å². The molecule has 1 aliphatic rings. The Balaban J connectivity index is 2.46. The highest BCUT2D eigenvalue weighted by molar-refractivity contribution is 5.75. The number of carbonyl (C=O) groups excluding carboxylic acids is 1. The number of hydrogen-bond acceptors (Lipinski definition) is 2. The van der Waals surface area contributed by atoms with Gasteiger partial charge in [-0.15, -0.1) is 0 Å². The molecule has 0 saturated carbocycles. The van der Waals surface area contributed by atoms with Crippen LogP contribution in [0.5, 0.6) is 0 Å². The van der Waals surface area contributed by atoms with Crippen LogP contribution in [0.3, 0.4) is 0 Å². The molecule has 0 aromatic carbocycles. The summed E-state index contributed by atoms with van der Waals surface area (Å²) in [6.07, 6.45) is 0.541. The Morgan fingerprint density at radius 2 is 2.00 bits per heavy atom. The summed E-state index contributed by atoms with van der Waals surface area (Å²) >= 11 is 0. The Hall–Kier alpha value is -1.26. The lowest BCUT2D eigenvalue weighted by atomic mass is 9.87. The number of nitrogens with one attached hydrogen (secondary N) is 1. The van der Waals surface area contributed by atoms with Gasteiger partial charge in [0.25, 0.3) is 0 Å². The molecule has 0 bridgehead atoms. The fourth-order valence-corrected chi connectivity index (χ4v) is 2.15. The van der Waals surface area contributed by atoms with Crippen molar-refractivity contribution in [1.29, 1.82) is 0 Å². The molecule has 0 aromatic heterocycles. The van der Waals surface area contributed by atoms with Crippen molar-refractivity contribution in [3.8, 4) is 0 Å². The van der Waals surface area contributed by atoms with E-state index in [4.69, 9.17) is 5.11 Å². The molecule has 2 amide bonds. The van der Waals surface area contributed by atoms with Gasteiger partial charge < -0.3 is 15.3 Å². The molecule has 1 saturated heterocycles. The molecule has 0 radical (unpaired) electrons. The van der Waals surface area contributed by atoms with E-state index >= 15 is 0 Å². The Bertz CT molecular complexity index is 323. The first-order valence-corrected chi connectivity index (χ1v) is 6.46. The van der Waals surface area contributed by atoms with Gasteiger partial charge >= 0.3 is 12.0 Å². The van der Waals surface area contributed by atoms with Gasteiger partial charge in [-0.2, -0.15) is 0 Å². The van der Waals surface area contributed by atoms with Gasteiger partial charge in [0.1, 0.15) is 0 Å². The zero-order valence-electron chi connectivity index (χ0n) is 11.7. The number of hydrogen-bond donors (Lipinski definition) is 2. The van der Waals surface area contributed by atoms with Crippen molar-refractivity contribution < 1.29 is 14.7 Å². The summed E-state index contributed by atoms with van der Waals surface area (Å²) in [6.45, 7) is 9.75. The molecule has 18 heavy (non-hydrogen) atoms. The highest BCUT2D eigenvalue weighted by Gasteiger charge is 2.33. The number of carboxylic acids is 1. The van der Waals surface area contributed by atoms with Crippen molar-refractivity contribution >= 4 is 12.0 Å². The third-order valence-corrected chi connectivity index (χ3v) is 3.28. The van der Waals surface area contributed by atoms with E-state index in [2.05, 4.69) is 26.1 Å². The number of amides is 2. The Labute approximate surface area is 109 Å². The summed E-state index contributed by atoms with van der Waals surface area (Å²) in [5.74, 6) is -1.06. The van der Waals surface area contributed by atoms with Crippen LogP contribution in [0.15, 0.2) is 0 Å². The van der Waals surface area contributed by atoms with Crippen LogP contribution in [0.25, 0.3) is 0 Å². The first-order chi connectivity index (χ1) is 8.20. The quantitative estimate of drug-likeness (QED) is 0.791. The topological polar surface area (TPSA) is 69.6 Å². The number of carboxylic acid groups (broad SMARTS) is 1. The molecule has 1 rings (SSSR count). The second-order valence-corrected chi connectivity index (χ2v) is 6.38. The zero-order valence-corrected chi connectivity index (χ0v) is 11.7. The summed E-state index contributed by atoms with van der Waals surface area (Å²) in [5.41, 5.74) is 0.0562. The maximum Gasteiger partial charge on any atom is 0.317 e. The van der Waals surface area contributed by atoms with Crippen LogP contribution in [-0.4, -0.2) is 41.6 Å². The highest BCUT2D eigenvalue weighted by atomic mass is 16.4. The molecule has 1 fully saturated rings. The van der Waals surface area contributed by atoms with Gasteiger partial charge in [0.05, 0.1) is 5.92 Å². The fourth-order valence-electron chi connectivity index (χ4n) is 2.15. The van der Waals surface area contributed by atoms with Crippen LogP contribution in [0.2, 0.25) is 0 Å². The summed E-state index contributed by atoms with van der Waals surface area (Å²) in [4.78, 5) is 24.6. The van der Waals surface area contributed by atoms with Gasteiger partial charge in [-0.1, -0.05) is 27.7 Å². The number of urea groups is 1. The minimum Gasteiger partial charge on any atom is -0.481 e. The monoisotopic (exact) mass is 256 g/mol. The zero-order chi connectivity index (χ0) is 13.9. The molecule has 5 heteroatoms. The predicted octanol–water partition coefficient (Wildman–Crippen LogP) is 1.78. The van der Waals surface area contributed by atoms with Crippen molar-refractivity contribution in [3.63, 3.8) is 0 Å². The molecule has 2 unspecified atom stereocenters. The first-order valence-electron chi connectivity index (χ1n) is 6.46. The maximum absolute atomic E-state index is 11.9. The number of carbonyl (C=O) groups is 2. The summed E-state index contributed by atoms with van der Waals surface area (Å²) in [7, 11) is 0. The van der Waals surface area contributed by atoms with Crippen molar-refractivity contribution in [1.82, 2.24) is 10.2 Å². The highest BCUT2D eigenvalue weighted by Crippen LogP contribution is 2.23. The van der Waals surface area contributed by atoms with Crippen LogP contribution >= 0.6 is 0 Å². The molecule has 1 heterocycles. The standard InChI is InChI=1S/C13H24N2O3/c1-9-7-15(6-5-10(9)11(16)17)12(18)14-8-13(2,3)4/h9-10H,5-8H2,1-4H3,(H,14,18)(H,16,17). The molecular formula is C13H24N2O3. The fraction of sp³-hybridized carbons (Fsp3) is 0.846. The van der Waals surface area contributed by atoms with Gasteiger partial charge in [0.2, 0.25) is 0 Å². The van der Waals surface area contributed by atoms with E-state index in [9.17, 15) is 9.59 Å². The number of piperidine rings is 1. The Morgan fingerprint density at radius 3 is 2.44 bits per heavy atom. The molecular weight excluding hydrogens is 232 g/mol. The average molecular weight is 256 g/mol. The summed E-state index contributed by atoms with van der Waals surface area (Å²) < 4.78 is 0. The molecule has 1 aliphatic heterocycles. The lowest BCUT2D eigenvalue weighted by Gasteiger charge is -2.35. The van der Waals surface area contributed by atoms with Crippen LogP contribution in [-0.2, 0) is 4.79 Å². The first kappa shape index (κ1) is 14.8. The van der Waals surface area contributed by atoms with E-state index in [1.54, 1.807) is 4.90 Å². The third kappa shape index (κ3) is 4.20. The Kier molecular flexibility index (Phi) is 4.59. The summed E-state index contributed by atoms with van der Waals surface area (Å²) in [6, 6.07) is -0.0828. The van der Waals surface area contributed by atoms with Gasteiger partial charge in [0, 0.05) is 19.6 Å². The van der Waals surface area contributed by atoms with Gasteiger partial charge in [0.15, 0.2) is 0 Å². The van der Waals surface area contributed by atoms with Crippen LogP contribution < -0.4 is 5.32 Å². The Morgan fingerprint density at radius 1 is 1.39 bits per heavy atom. The normalized spacial score (nSPS) is 24.8. The van der Waals surface area contributed by atoms with Crippen LogP contribution in [0.4, 0.5) is 4.79 Å². The van der Waals surface area contributed by atoms with E-state index in [-0.39, 0.29) is 23.3 Å². The van der Waals surface area contributed by atoms with E-state index < -0.39 is 5.97 Å². The van der Waals surface area contributed by atoms with Crippen molar-refractivity contribution in [2.45, 2.75) is 34.1 Å². The molecule has 0 spiro atoms. The molecule has 0 aromatic rings. The molecule has 2 atom stereocenters. The SMILES string of the molecule is CC1CN(C(=O)NCC(C)(C)C)CCC1C(=O)O. The largest absolute Gasteiger partial charge is 0.481 e. The van der Waals surface area contributed by atoms with Gasteiger partial charge in [-0.25, -0.2) is 4.79 Å². The third-order valence-electron chi connectivity index (χ3n) is 3.28. The van der Waals surface area contributed by atoms with Crippen molar-refractivity contribution in [2.24, 2.45) is 17.3 Å². The maximum atomic E-state index is 11.9. The average Bonchev–Trinajstić information content (AvgIpc) is 2.24. The lowest BCUT2D eigenvalue weighted by Crippen LogP contribution is -2.50. The second kappa shape index (κ2) is 5.59. The number of nitrogens with zero attached hydrogens (tertiary/aromatic N) is 1. The lowest BCUT2D eigenvalue weighted by molar-refractivity contribution is -0.145. The molecule has 0 aliphatic carbocycles. The van der Waals surface area contributed by atoms with Crippen molar-refractivity contribution in [3.05, 3.63) is 0 Å². The predicted molar refractivity (Wildman–Crippen MR) is 69.3 cm³/mol. The smallest absolute Gasteiger partial charge is 0.317 e. The van der Waals surface area contributed by atoms with E-state index in [1.807, 2.05) is 6.92 Å². The second-order valence-electron chi connectivity index (χ2n) is 6.38.